The van der Waals surface area contributed by atoms with Crippen molar-refractivity contribution in [2.45, 2.75) is 19.3 Å². The molecule has 0 aliphatic heterocycles. The fraction of sp³-hybridized carbons (Fsp3) is 0.267. The van der Waals surface area contributed by atoms with E-state index in [2.05, 4.69) is 0 Å². The number of aliphatic carboxylic acids is 1. The summed E-state index contributed by atoms with van der Waals surface area (Å²) in [4.78, 5) is 10.4. The number of carboxylic acids is 1. The highest BCUT2D eigenvalue weighted by atomic mass is 16.5. The predicted octanol–water partition coefficient (Wildman–Crippen LogP) is 1.92. The minimum atomic E-state index is -0.993. The van der Waals surface area contributed by atoms with Crippen LogP contribution in [0.3, 0.4) is 0 Å². The normalized spacial score (nSPS) is 10.5. The van der Waals surface area contributed by atoms with Crippen LogP contribution < -0.4 is 9.84 Å². The van der Waals surface area contributed by atoms with E-state index >= 15 is 0 Å². The van der Waals surface area contributed by atoms with Gasteiger partial charge < -0.3 is 14.6 Å². The molecule has 0 spiro atoms. The molecule has 0 unspecified atom stereocenters. The average Bonchev–Trinajstić information content (AvgIpc) is 2.38. The maximum absolute atomic E-state index is 10.4. The number of hydrogen-bond acceptors (Lipinski definition) is 3. The van der Waals surface area contributed by atoms with Crippen molar-refractivity contribution in [3.63, 3.8) is 0 Å². The number of hydrogen-bond donors (Lipinski definition) is 0. The number of methoxy groups -OCH3 is 1. The van der Waals surface area contributed by atoms with Crippen molar-refractivity contribution in [2.24, 2.45) is 0 Å². The Hall–Kier alpha value is -2.03. The molecule has 3 heteroatoms. The highest BCUT2D eigenvalue weighted by molar-refractivity contribution is 5.91. The monoisotopic (exact) mass is 243 g/mol. The molecule has 0 saturated carbocycles. The molecule has 0 fully saturated rings. The first kappa shape index (κ1) is 12.4. The highest BCUT2D eigenvalue weighted by Crippen LogP contribution is 2.29. The van der Waals surface area contributed by atoms with Crippen LogP contribution in [0, 0.1) is 0 Å². The lowest BCUT2D eigenvalue weighted by atomic mass is 9.99. The first-order chi connectivity index (χ1) is 8.72. The van der Waals surface area contributed by atoms with Gasteiger partial charge in [-0.05, 0) is 36.3 Å². The molecule has 2 rings (SSSR count). The maximum atomic E-state index is 10.4. The van der Waals surface area contributed by atoms with E-state index in [1.54, 1.807) is 7.11 Å². The minimum Gasteiger partial charge on any atom is -0.550 e. The Morgan fingerprint density at radius 3 is 2.56 bits per heavy atom. The summed E-state index contributed by atoms with van der Waals surface area (Å²) >= 11 is 0. The van der Waals surface area contributed by atoms with Crippen LogP contribution in [0.4, 0.5) is 0 Å². The molecule has 0 heterocycles. The molecule has 94 valence electrons. The zero-order chi connectivity index (χ0) is 13.0. The summed E-state index contributed by atoms with van der Waals surface area (Å²) in [5.41, 5.74) is 1.15. The molecule has 18 heavy (non-hydrogen) atoms. The second-order valence-corrected chi connectivity index (χ2v) is 4.20. The zero-order valence-corrected chi connectivity index (χ0v) is 10.3. The molecule has 2 aromatic rings. The van der Waals surface area contributed by atoms with E-state index in [1.807, 2.05) is 36.4 Å². The molecular formula is C15H15O3-. The van der Waals surface area contributed by atoms with Crippen LogP contribution in [0.2, 0.25) is 0 Å². The van der Waals surface area contributed by atoms with Gasteiger partial charge in [0.05, 0.1) is 7.11 Å². The summed E-state index contributed by atoms with van der Waals surface area (Å²) < 4.78 is 5.32. The van der Waals surface area contributed by atoms with Crippen LogP contribution >= 0.6 is 0 Å². The molecule has 0 aliphatic carbocycles. The van der Waals surface area contributed by atoms with Gasteiger partial charge in [0.2, 0.25) is 0 Å². The molecule has 0 aliphatic rings. The van der Waals surface area contributed by atoms with E-state index in [1.165, 1.54) is 0 Å². The lowest BCUT2D eigenvalue weighted by molar-refractivity contribution is -0.305. The fourth-order valence-electron chi connectivity index (χ4n) is 2.15. The Balaban J connectivity index is 2.31. The molecule has 3 nitrogen and oxygen atoms in total. The third-order valence-corrected chi connectivity index (χ3v) is 3.02. The van der Waals surface area contributed by atoms with E-state index in [0.29, 0.717) is 6.42 Å². The average molecular weight is 243 g/mol. The smallest absolute Gasteiger partial charge is 0.126 e. The lowest BCUT2D eigenvalue weighted by Crippen LogP contribution is -2.21. The van der Waals surface area contributed by atoms with Gasteiger partial charge in [-0.2, -0.15) is 0 Å². The molecule has 0 saturated heterocycles. The van der Waals surface area contributed by atoms with Gasteiger partial charge in [-0.25, -0.2) is 0 Å². The number of carbonyl (C=O) groups is 1. The van der Waals surface area contributed by atoms with Gasteiger partial charge in [0, 0.05) is 11.4 Å². The molecule has 0 N–H and O–H groups in total. The molecular weight excluding hydrogens is 228 g/mol. The van der Waals surface area contributed by atoms with Gasteiger partial charge in [-0.15, -0.1) is 0 Å². The van der Waals surface area contributed by atoms with E-state index < -0.39 is 5.97 Å². The maximum Gasteiger partial charge on any atom is 0.126 e. The standard InChI is InChI=1S/C15H16O3/c1-18-14-10-9-11(5-4-8-15(16)17)12-6-2-3-7-13(12)14/h2-3,6-7,9-10H,4-5,8H2,1H3,(H,16,17)/p-1. The first-order valence-corrected chi connectivity index (χ1v) is 5.97. The van der Waals surface area contributed by atoms with Crippen molar-refractivity contribution in [3.05, 3.63) is 42.0 Å². The van der Waals surface area contributed by atoms with Crippen molar-refractivity contribution < 1.29 is 14.6 Å². The van der Waals surface area contributed by atoms with Crippen molar-refractivity contribution in [3.8, 4) is 5.75 Å². The van der Waals surface area contributed by atoms with E-state index in [0.717, 1.165) is 28.5 Å². The number of carboxylic acid groups (broad SMARTS) is 1. The van der Waals surface area contributed by atoms with Crippen molar-refractivity contribution >= 4 is 16.7 Å². The van der Waals surface area contributed by atoms with Crippen molar-refractivity contribution in [1.82, 2.24) is 0 Å². The van der Waals surface area contributed by atoms with Crippen molar-refractivity contribution in [2.75, 3.05) is 7.11 Å². The Kier molecular flexibility index (Phi) is 3.82. The van der Waals surface area contributed by atoms with Gasteiger partial charge in [0.25, 0.3) is 0 Å². The second kappa shape index (κ2) is 5.54. The lowest BCUT2D eigenvalue weighted by Gasteiger charge is -2.10. The van der Waals surface area contributed by atoms with Gasteiger partial charge >= 0.3 is 0 Å². The number of benzene rings is 2. The summed E-state index contributed by atoms with van der Waals surface area (Å²) in [6.07, 6.45) is 1.43. The molecule has 0 atom stereocenters. The van der Waals surface area contributed by atoms with Crippen molar-refractivity contribution in [1.29, 1.82) is 0 Å². The Morgan fingerprint density at radius 1 is 1.17 bits per heavy atom. The topological polar surface area (TPSA) is 49.4 Å². The number of aryl methyl sites for hydroxylation is 1. The van der Waals surface area contributed by atoms with Gasteiger partial charge in [0.15, 0.2) is 0 Å². The largest absolute Gasteiger partial charge is 0.550 e. The molecule has 0 aromatic heterocycles. The zero-order valence-electron chi connectivity index (χ0n) is 10.3. The van der Waals surface area contributed by atoms with Gasteiger partial charge in [0.1, 0.15) is 5.75 Å². The Bertz CT molecular complexity index is 561. The summed E-state index contributed by atoms with van der Waals surface area (Å²) in [6.45, 7) is 0. The molecule has 0 bridgehead atoms. The highest BCUT2D eigenvalue weighted by Gasteiger charge is 2.05. The molecule has 0 radical (unpaired) electrons. The third kappa shape index (κ3) is 2.62. The SMILES string of the molecule is COc1ccc(CCCC(=O)[O-])c2ccccc12. The summed E-state index contributed by atoms with van der Waals surface area (Å²) in [6, 6.07) is 11.9. The van der Waals surface area contributed by atoms with Gasteiger partial charge in [-0.3, -0.25) is 0 Å². The van der Waals surface area contributed by atoms with Crippen LogP contribution in [-0.2, 0) is 11.2 Å². The third-order valence-electron chi connectivity index (χ3n) is 3.02. The second-order valence-electron chi connectivity index (χ2n) is 4.20. The summed E-state index contributed by atoms with van der Waals surface area (Å²) in [5.74, 6) is -0.151. The Labute approximate surface area is 106 Å². The van der Waals surface area contributed by atoms with Crippen LogP contribution in [-0.4, -0.2) is 13.1 Å². The first-order valence-electron chi connectivity index (χ1n) is 5.97. The number of carbonyl (C=O) groups excluding carboxylic acids is 1. The number of rotatable bonds is 5. The van der Waals surface area contributed by atoms with Crippen LogP contribution in [0.5, 0.6) is 5.75 Å². The fourth-order valence-corrected chi connectivity index (χ4v) is 2.15. The van der Waals surface area contributed by atoms with E-state index in [9.17, 15) is 9.90 Å². The van der Waals surface area contributed by atoms with Gasteiger partial charge in [-0.1, -0.05) is 30.3 Å². The summed E-state index contributed by atoms with van der Waals surface area (Å²) in [5, 5.41) is 12.6. The summed E-state index contributed by atoms with van der Waals surface area (Å²) in [7, 11) is 1.65. The minimum absolute atomic E-state index is 0.0976. The number of fused-ring (bicyclic) bond motifs is 1. The van der Waals surface area contributed by atoms with E-state index in [-0.39, 0.29) is 6.42 Å². The van der Waals surface area contributed by atoms with Crippen LogP contribution in [0.1, 0.15) is 18.4 Å². The number of ether oxygens (including phenoxy) is 1. The molecule has 2 aromatic carbocycles. The van der Waals surface area contributed by atoms with E-state index in [4.69, 9.17) is 4.74 Å². The Morgan fingerprint density at radius 2 is 1.89 bits per heavy atom. The molecule has 0 amide bonds. The van der Waals surface area contributed by atoms with Crippen LogP contribution in [0.25, 0.3) is 10.8 Å². The van der Waals surface area contributed by atoms with Crippen LogP contribution in [0.15, 0.2) is 36.4 Å². The quantitative estimate of drug-likeness (QED) is 0.806. The predicted molar refractivity (Wildman–Crippen MR) is 68.4 cm³/mol.